The van der Waals surface area contributed by atoms with Crippen molar-refractivity contribution >= 4 is 34.1 Å². The highest BCUT2D eigenvalue weighted by Crippen LogP contribution is 2.29. The van der Waals surface area contributed by atoms with E-state index >= 15 is 0 Å². The predicted molar refractivity (Wildman–Crippen MR) is 104 cm³/mol. The van der Waals surface area contributed by atoms with E-state index in [2.05, 4.69) is 35.0 Å². The first-order chi connectivity index (χ1) is 12.0. The molecule has 1 aromatic carbocycles. The van der Waals surface area contributed by atoms with Gasteiger partial charge in [0.1, 0.15) is 5.69 Å². The van der Waals surface area contributed by atoms with E-state index in [1.54, 1.807) is 6.07 Å². The van der Waals surface area contributed by atoms with Crippen molar-refractivity contribution in [2.75, 3.05) is 0 Å². The third-order valence-corrected chi connectivity index (χ3v) is 5.36. The SMILES string of the molecule is C[C@@H]1[C@H](C)CCC[C@@H]1NC(=S)NNC(=O)c1ccc2ccccc2n1. The average molecular weight is 356 g/mol. The van der Waals surface area contributed by atoms with Crippen LogP contribution in [0.4, 0.5) is 0 Å². The number of hydrogen-bond donors (Lipinski definition) is 3. The Bertz CT molecular complexity index is 779. The van der Waals surface area contributed by atoms with Crippen LogP contribution in [0.3, 0.4) is 0 Å². The summed E-state index contributed by atoms with van der Waals surface area (Å²) in [7, 11) is 0. The maximum atomic E-state index is 12.3. The van der Waals surface area contributed by atoms with E-state index in [4.69, 9.17) is 12.2 Å². The molecule has 1 heterocycles. The highest BCUT2D eigenvalue weighted by atomic mass is 32.1. The molecule has 1 amide bonds. The van der Waals surface area contributed by atoms with E-state index in [0.717, 1.165) is 17.3 Å². The van der Waals surface area contributed by atoms with Gasteiger partial charge in [0.25, 0.3) is 5.91 Å². The van der Waals surface area contributed by atoms with Crippen molar-refractivity contribution in [1.29, 1.82) is 0 Å². The number of pyridine rings is 1. The molecule has 0 aliphatic heterocycles. The monoisotopic (exact) mass is 356 g/mol. The number of nitrogens with one attached hydrogen (secondary N) is 3. The zero-order chi connectivity index (χ0) is 17.8. The lowest BCUT2D eigenvalue weighted by atomic mass is 9.78. The van der Waals surface area contributed by atoms with Crippen molar-refractivity contribution < 1.29 is 4.79 Å². The van der Waals surface area contributed by atoms with Gasteiger partial charge < -0.3 is 5.32 Å². The number of nitrogens with zero attached hydrogens (tertiary/aromatic N) is 1. The molecule has 0 spiro atoms. The van der Waals surface area contributed by atoms with E-state index in [-0.39, 0.29) is 5.91 Å². The van der Waals surface area contributed by atoms with Crippen LogP contribution in [0.25, 0.3) is 10.9 Å². The van der Waals surface area contributed by atoms with Crippen LogP contribution in [-0.2, 0) is 0 Å². The number of carbonyl (C=O) groups excluding carboxylic acids is 1. The fraction of sp³-hybridized carbons (Fsp3) is 0.421. The molecule has 1 aliphatic carbocycles. The molecule has 0 unspecified atom stereocenters. The van der Waals surface area contributed by atoms with Gasteiger partial charge in [-0.3, -0.25) is 15.6 Å². The molecule has 2 aromatic rings. The second-order valence-corrected chi connectivity index (χ2v) is 7.22. The Morgan fingerprint density at radius 3 is 2.76 bits per heavy atom. The number of hydrazine groups is 1. The summed E-state index contributed by atoms with van der Waals surface area (Å²) in [6, 6.07) is 11.6. The second-order valence-electron chi connectivity index (χ2n) is 6.82. The van der Waals surface area contributed by atoms with Crippen LogP contribution < -0.4 is 16.2 Å². The maximum absolute atomic E-state index is 12.3. The van der Waals surface area contributed by atoms with Crippen LogP contribution in [0, 0.1) is 11.8 Å². The first-order valence-electron chi connectivity index (χ1n) is 8.77. The number of rotatable bonds is 2. The van der Waals surface area contributed by atoms with Gasteiger partial charge in [-0.15, -0.1) is 0 Å². The van der Waals surface area contributed by atoms with Gasteiger partial charge in [0.15, 0.2) is 5.11 Å². The highest BCUT2D eigenvalue weighted by Gasteiger charge is 2.27. The molecule has 3 rings (SSSR count). The molecule has 1 saturated carbocycles. The highest BCUT2D eigenvalue weighted by molar-refractivity contribution is 7.80. The summed E-state index contributed by atoms with van der Waals surface area (Å²) in [5.74, 6) is 0.941. The number of hydrogen-bond acceptors (Lipinski definition) is 3. The Kier molecular flexibility index (Phi) is 5.48. The first-order valence-corrected chi connectivity index (χ1v) is 9.18. The predicted octanol–water partition coefficient (Wildman–Crippen LogP) is 3.17. The molecule has 5 nitrogen and oxygen atoms in total. The van der Waals surface area contributed by atoms with Gasteiger partial charge in [-0.05, 0) is 42.6 Å². The number of fused-ring (bicyclic) bond motifs is 1. The van der Waals surface area contributed by atoms with Gasteiger partial charge in [0.05, 0.1) is 5.52 Å². The minimum absolute atomic E-state index is 0.306. The normalized spacial score (nSPS) is 23.0. The summed E-state index contributed by atoms with van der Waals surface area (Å²) < 4.78 is 0. The lowest BCUT2D eigenvalue weighted by molar-refractivity contribution is 0.0938. The van der Waals surface area contributed by atoms with E-state index in [9.17, 15) is 4.79 Å². The van der Waals surface area contributed by atoms with Crippen LogP contribution in [0.2, 0.25) is 0 Å². The first kappa shape index (κ1) is 17.6. The second kappa shape index (κ2) is 7.78. The number of carbonyl (C=O) groups is 1. The summed E-state index contributed by atoms with van der Waals surface area (Å²) in [6.07, 6.45) is 3.58. The molecule has 1 fully saturated rings. The van der Waals surface area contributed by atoms with Crippen LogP contribution in [0.5, 0.6) is 0 Å². The van der Waals surface area contributed by atoms with Crippen LogP contribution >= 0.6 is 12.2 Å². The Balaban J connectivity index is 1.55. The van der Waals surface area contributed by atoms with Crippen molar-refractivity contribution in [2.45, 2.75) is 39.2 Å². The molecule has 1 aliphatic rings. The Morgan fingerprint density at radius 2 is 1.92 bits per heavy atom. The lowest BCUT2D eigenvalue weighted by Crippen LogP contribution is -2.52. The average Bonchev–Trinajstić information content (AvgIpc) is 2.63. The zero-order valence-electron chi connectivity index (χ0n) is 14.6. The van der Waals surface area contributed by atoms with Crippen LogP contribution in [-0.4, -0.2) is 22.0 Å². The Morgan fingerprint density at radius 1 is 1.12 bits per heavy atom. The molecule has 0 saturated heterocycles. The maximum Gasteiger partial charge on any atom is 0.288 e. The standard InChI is InChI=1S/C19H24N4OS/c1-12-6-5-9-15(13(12)2)21-19(25)23-22-18(24)17-11-10-14-7-3-4-8-16(14)20-17/h3-4,7-8,10-13,15H,5-6,9H2,1-2H3,(H,22,24)(H2,21,23,25)/t12-,13-,15+/m1/s1. The van der Waals surface area contributed by atoms with Gasteiger partial charge in [0, 0.05) is 11.4 Å². The molecule has 1 aromatic heterocycles. The van der Waals surface area contributed by atoms with Crippen LogP contribution in [0.1, 0.15) is 43.6 Å². The van der Waals surface area contributed by atoms with Gasteiger partial charge in [-0.25, -0.2) is 4.98 Å². The summed E-state index contributed by atoms with van der Waals surface area (Å²) in [6.45, 7) is 4.53. The van der Waals surface area contributed by atoms with E-state index in [1.165, 1.54) is 12.8 Å². The van der Waals surface area contributed by atoms with Gasteiger partial charge in [-0.2, -0.15) is 0 Å². The zero-order valence-corrected chi connectivity index (χ0v) is 15.4. The number of aromatic nitrogens is 1. The van der Waals surface area contributed by atoms with Crippen molar-refractivity contribution in [2.24, 2.45) is 11.8 Å². The third-order valence-electron chi connectivity index (χ3n) is 5.14. The quantitative estimate of drug-likeness (QED) is 0.570. The third kappa shape index (κ3) is 4.25. The lowest BCUT2D eigenvalue weighted by Gasteiger charge is -2.35. The smallest absolute Gasteiger partial charge is 0.288 e. The van der Waals surface area contributed by atoms with Crippen molar-refractivity contribution in [3.63, 3.8) is 0 Å². The Hall–Kier alpha value is -2.21. The summed E-state index contributed by atoms with van der Waals surface area (Å²) >= 11 is 5.31. The van der Waals surface area contributed by atoms with Crippen molar-refractivity contribution in [3.05, 3.63) is 42.1 Å². The fourth-order valence-electron chi connectivity index (χ4n) is 3.36. The molecule has 3 N–H and O–H groups in total. The molecule has 25 heavy (non-hydrogen) atoms. The number of para-hydroxylation sites is 1. The summed E-state index contributed by atoms with van der Waals surface area (Å²) in [5, 5.41) is 4.77. The largest absolute Gasteiger partial charge is 0.358 e. The number of benzene rings is 1. The summed E-state index contributed by atoms with van der Waals surface area (Å²) in [4.78, 5) is 16.7. The minimum Gasteiger partial charge on any atom is -0.358 e. The molecule has 0 bridgehead atoms. The topological polar surface area (TPSA) is 66.0 Å². The molecule has 0 radical (unpaired) electrons. The molecule has 3 atom stereocenters. The Labute approximate surface area is 153 Å². The number of thiocarbonyl (C=S) groups is 1. The molecule has 132 valence electrons. The molecular weight excluding hydrogens is 332 g/mol. The molecular formula is C19H24N4OS. The van der Waals surface area contributed by atoms with Crippen molar-refractivity contribution in [3.8, 4) is 0 Å². The van der Waals surface area contributed by atoms with Gasteiger partial charge in [0.2, 0.25) is 0 Å². The molecule has 6 heteroatoms. The van der Waals surface area contributed by atoms with E-state index in [1.807, 2.05) is 30.3 Å². The minimum atomic E-state index is -0.306. The van der Waals surface area contributed by atoms with Crippen molar-refractivity contribution in [1.82, 2.24) is 21.2 Å². The van der Waals surface area contributed by atoms with Crippen LogP contribution in [0.15, 0.2) is 36.4 Å². The summed E-state index contributed by atoms with van der Waals surface area (Å²) in [5.41, 5.74) is 6.56. The van der Waals surface area contributed by atoms with E-state index in [0.29, 0.717) is 28.7 Å². The van der Waals surface area contributed by atoms with E-state index < -0.39 is 0 Å². The number of amides is 1. The fourth-order valence-corrected chi connectivity index (χ4v) is 3.56. The van der Waals surface area contributed by atoms with Gasteiger partial charge in [-0.1, -0.05) is 51.0 Å². The van der Waals surface area contributed by atoms with Gasteiger partial charge >= 0.3 is 0 Å².